The molecule has 136 valence electrons. The summed E-state index contributed by atoms with van der Waals surface area (Å²) >= 11 is 0. The molecule has 0 atom stereocenters. The number of hydrogen-bond donors (Lipinski definition) is 1. The molecule has 1 aromatic carbocycles. The van der Waals surface area contributed by atoms with Gasteiger partial charge in [0.15, 0.2) is 5.96 Å². The van der Waals surface area contributed by atoms with Gasteiger partial charge in [-0.2, -0.15) is 0 Å². The van der Waals surface area contributed by atoms with Gasteiger partial charge in [0.2, 0.25) is 10.0 Å². The molecular formula is C16H27FN4O2S. The van der Waals surface area contributed by atoms with Crippen LogP contribution in [0.4, 0.5) is 4.39 Å². The lowest BCUT2D eigenvalue weighted by atomic mass is 10.2. The maximum Gasteiger partial charge on any atom is 0.211 e. The molecule has 1 aromatic rings. The Labute approximate surface area is 144 Å². The molecule has 24 heavy (non-hydrogen) atoms. The molecule has 0 heterocycles. The Bertz CT molecular complexity index is 649. The van der Waals surface area contributed by atoms with Gasteiger partial charge in [-0.15, -0.1) is 0 Å². The fourth-order valence-corrected chi connectivity index (χ4v) is 3.31. The number of halogens is 1. The Morgan fingerprint density at radius 3 is 2.62 bits per heavy atom. The van der Waals surface area contributed by atoms with Crippen LogP contribution >= 0.6 is 0 Å². The summed E-state index contributed by atoms with van der Waals surface area (Å²) in [6, 6.07) is 6.45. The first kappa shape index (κ1) is 20.4. The minimum Gasteiger partial charge on any atom is -0.356 e. The highest BCUT2D eigenvalue weighted by Gasteiger charge is 2.13. The Hall–Kier alpha value is -1.67. The number of sulfonamides is 1. The SMILES string of the molecule is CCN(CCCNC(=NC)N(C)Cc1cccc(F)c1)S(C)(=O)=O. The Kier molecular flexibility index (Phi) is 8.14. The number of nitrogens with zero attached hydrogens (tertiary/aromatic N) is 3. The summed E-state index contributed by atoms with van der Waals surface area (Å²) < 4.78 is 37.7. The minimum absolute atomic E-state index is 0.260. The molecule has 8 heteroatoms. The molecule has 0 bridgehead atoms. The number of nitrogens with one attached hydrogen (secondary N) is 1. The van der Waals surface area contributed by atoms with Crippen molar-refractivity contribution in [2.24, 2.45) is 4.99 Å². The van der Waals surface area contributed by atoms with Crippen molar-refractivity contribution in [1.29, 1.82) is 0 Å². The molecule has 0 aromatic heterocycles. The largest absolute Gasteiger partial charge is 0.356 e. The summed E-state index contributed by atoms with van der Waals surface area (Å²) in [5.74, 6) is 0.422. The van der Waals surface area contributed by atoms with Crippen LogP contribution in [0, 0.1) is 5.82 Å². The lowest BCUT2D eigenvalue weighted by Crippen LogP contribution is -2.40. The van der Waals surface area contributed by atoms with E-state index >= 15 is 0 Å². The van der Waals surface area contributed by atoms with Crippen molar-refractivity contribution in [3.8, 4) is 0 Å². The average molecular weight is 358 g/mol. The lowest BCUT2D eigenvalue weighted by Gasteiger charge is -2.23. The van der Waals surface area contributed by atoms with Crippen molar-refractivity contribution in [3.63, 3.8) is 0 Å². The van der Waals surface area contributed by atoms with Gasteiger partial charge in [0.25, 0.3) is 0 Å². The third-order valence-corrected chi connectivity index (χ3v) is 4.95. The number of guanidine groups is 1. The van der Waals surface area contributed by atoms with Gasteiger partial charge in [0.1, 0.15) is 5.82 Å². The molecule has 0 aliphatic heterocycles. The predicted molar refractivity (Wildman–Crippen MR) is 95.9 cm³/mol. The number of hydrogen-bond acceptors (Lipinski definition) is 3. The van der Waals surface area contributed by atoms with Gasteiger partial charge in [-0.25, -0.2) is 17.1 Å². The zero-order valence-electron chi connectivity index (χ0n) is 14.8. The first-order chi connectivity index (χ1) is 11.3. The molecular weight excluding hydrogens is 331 g/mol. The maximum atomic E-state index is 13.2. The molecule has 0 radical (unpaired) electrons. The second-order valence-corrected chi connectivity index (χ2v) is 7.55. The fourth-order valence-electron chi connectivity index (χ4n) is 2.38. The van der Waals surface area contributed by atoms with E-state index in [1.807, 2.05) is 24.9 Å². The highest BCUT2D eigenvalue weighted by Crippen LogP contribution is 2.06. The van der Waals surface area contributed by atoms with Crippen LogP contribution in [-0.4, -0.2) is 63.6 Å². The van der Waals surface area contributed by atoms with Gasteiger partial charge in [0.05, 0.1) is 6.26 Å². The second-order valence-electron chi connectivity index (χ2n) is 5.57. The molecule has 1 N–H and O–H groups in total. The van der Waals surface area contributed by atoms with E-state index in [-0.39, 0.29) is 5.82 Å². The first-order valence-electron chi connectivity index (χ1n) is 7.89. The van der Waals surface area contributed by atoms with Crippen LogP contribution in [-0.2, 0) is 16.6 Å². The van der Waals surface area contributed by atoms with Crippen molar-refractivity contribution in [3.05, 3.63) is 35.6 Å². The number of aliphatic imine (C=N–C) groups is 1. The van der Waals surface area contributed by atoms with Crippen molar-refractivity contribution in [2.45, 2.75) is 19.9 Å². The van der Waals surface area contributed by atoms with Crippen LogP contribution < -0.4 is 5.32 Å². The zero-order chi connectivity index (χ0) is 18.2. The van der Waals surface area contributed by atoms with Crippen molar-refractivity contribution >= 4 is 16.0 Å². The summed E-state index contributed by atoms with van der Waals surface area (Å²) in [5.41, 5.74) is 0.856. The van der Waals surface area contributed by atoms with Crippen LogP contribution in [0.15, 0.2) is 29.3 Å². The molecule has 6 nitrogen and oxygen atoms in total. The van der Waals surface area contributed by atoms with Crippen LogP contribution in [0.5, 0.6) is 0 Å². The molecule has 0 aliphatic rings. The monoisotopic (exact) mass is 358 g/mol. The van der Waals surface area contributed by atoms with E-state index < -0.39 is 10.0 Å². The highest BCUT2D eigenvalue weighted by molar-refractivity contribution is 7.88. The molecule has 0 spiro atoms. The normalized spacial score (nSPS) is 12.5. The molecule has 1 rings (SSSR count). The van der Waals surface area contributed by atoms with Gasteiger partial charge in [-0.05, 0) is 24.1 Å². The van der Waals surface area contributed by atoms with E-state index in [1.165, 1.54) is 22.7 Å². The van der Waals surface area contributed by atoms with Gasteiger partial charge in [-0.3, -0.25) is 4.99 Å². The third kappa shape index (κ3) is 6.84. The summed E-state index contributed by atoms with van der Waals surface area (Å²) in [6.45, 7) is 3.88. The summed E-state index contributed by atoms with van der Waals surface area (Å²) in [5, 5.41) is 3.20. The fraction of sp³-hybridized carbons (Fsp3) is 0.562. The minimum atomic E-state index is -3.15. The van der Waals surface area contributed by atoms with Crippen LogP contribution in [0.1, 0.15) is 18.9 Å². The first-order valence-corrected chi connectivity index (χ1v) is 9.74. The molecule has 0 unspecified atom stereocenters. The maximum absolute atomic E-state index is 13.2. The smallest absolute Gasteiger partial charge is 0.211 e. The summed E-state index contributed by atoms with van der Waals surface area (Å²) in [6.07, 6.45) is 1.89. The Morgan fingerprint density at radius 2 is 2.08 bits per heavy atom. The second kappa shape index (κ2) is 9.58. The Balaban J connectivity index is 2.47. The van der Waals surface area contributed by atoms with Crippen LogP contribution in [0.25, 0.3) is 0 Å². The van der Waals surface area contributed by atoms with Gasteiger partial charge in [0, 0.05) is 40.3 Å². The quantitative estimate of drug-likeness (QED) is 0.435. The number of benzene rings is 1. The predicted octanol–water partition coefficient (Wildman–Crippen LogP) is 1.50. The van der Waals surface area contributed by atoms with Crippen molar-refractivity contribution in [1.82, 2.24) is 14.5 Å². The van der Waals surface area contributed by atoms with E-state index in [9.17, 15) is 12.8 Å². The van der Waals surface area contributed by atoms with Crippen LogP contribution in [0.3, 0.4) is 0 Å². The lowest BCUT2D eigenvalue weighted by molar-refractivity contribution is 0.419. The average Bonchev–Trinajstić information content (AvgIpc) is 2.49. The topological polar surface area (TPSA) is 65.0 Å². The Morgan fingerprint density at radius 1 is 1.38 bits per heavy atom. The molecule has 0 saturated heterocycles. The van der Waals surface area contributed by atoms with Crippen LogP contribution in [0.2, 0.25) is 0 Å². The van der Waals surface area contributed by atoms with E-state index in [0.717, 1.165) is 5.56 Å². The molecule has 0 fully saturated rings. The van der Waals surface area contributed by atoms with Gasteiger partial charge >= 0.3 is 0 Å². The highest BCUT2D eigenvalue weighted by atomic mass is 32.2. The zero-order valence-corrected chi connectivity index (χ0v) is 15.6. The van der Waals surface area contributed by atoms with E-state index in [0.29, 0.717) is 38.6 Å². The molecule has 0 aliphatic carbocycles. The number of rotatable bonds is 8. The van der Waals surface area contributed by atoms with Gasteiger partial charge in [-0.1, -0.05) is 19.1 Å². The molecule has 0 saturated carbocycles. The molecule has 0 amide bonds. The standard InChI is InChI=1S/C16H27FN4O2S/c1-5-21(24(4,22)23)11-7-10-19-16(18-2)20(3)13-14-8-6-9-15(17)12-14/h6,8-9,12H,5,7,10-11,13H2,1-4H3,(H,18,19). The van der Waals surface area contributed by atoms with E-state index in [4.69, 9.17) is 0 Å². The summed E-state index contributed by atoms with van der Waals surface area (Å²) in [7, 11) is 0.397. The van der Waals surface area contributed by atoms with E-state index in [1.54, 1.807) is 13.1 Å². The van der Waals surface area contributed by atoms with E-state index in [2.05, 4.69) is 10.3 Å². The van der Waals surface area contributed by atoms with Crippen molar-refractivity contribution in [2.75, 3.05) is 40.0 Å². The van der Waals surface area contributed by atoms with Gasteiger partial charge < -0.3 is 10.2 Å². The van der Waals surface area contributed by atoms with Crippen molar-refractivity contribution < 1.29 is 12.8 Å². The summed E-state index contributed by atoms with van der Waals surface area (Å²) in [4.78, 5) is 6.09. The third-order valence-electron chi connectivity index (χ3n) is 3.57.